The monoisotopic (exact) mass is 520 g/mol. The van der Waals surface area contributed by atoms with Crippen LogP contribution in [0.2, 0.25) is 5.02 Å². The van der Waals surface area contributed by atoms with Crippen LogP contribution in [0, 0.1) is 5.82 Å². The zero-order chi connectivity index (χ0) is 24.3. The van der Waals surface area contributed by atoms with E-state index in [1.807, 2.05) is 10.3 Å². The van der Waals surface area contributed by atoms with Gasteiger partial charge in [-0.05, 0) is 23.8 Å². The van der Waals surface area contributed by atoms with Crippen molar-refractivity contribution in [3.63, 3.8) is 0 Å². The van der Waals surface area contributed by atoms with Gasteiger partial charge in [0.05, 0.1) is 17.3 Å². The first-order valence-electron chi connectivity index (χ1n) is 10.6. The van der Waals surface area contributed by atoms with Crippen LogP contribution < -0.4 is 5.32 Å². The highest BCUT2D eigenvalue weighted by molar-refractivity contribution is 7.11. The highest BCUT2D eigenvalue weighted by Crippen LogP contribution is 2.47. The van der Waals surface area contributed by atoms with Crippen molar-refractivity contribution >= 4 is 40.4 Å². The fraction of sp³-hybridized carbons (Fsp3) is 0.273. The molecule has 180 valence electrons. The summed E-state index contributed by atoms with van der Waals surface area (Å²) in [6, 6.07) is 5.05. The summed E-state index contributed by atoms with van der Waals surface area (Å²) in [5.74, 6) is -0.0928. The molecule has 2 saturated heterocycles. The fourth-order valence-corrected chi connectivity index (χ4v) is 5.47. The lowest BCUT2D eigenvalue weighted by Gasteiger charge is -2.32. The SMILES string of the molecule is O=C1N[C@]2(CO1)CC1=C(c3ccn(C(F)F)n3)[C@@H](c3ccc(Cl)c(F)c3)N=C(c3nccs3)N1C2. The van der Waals surface area contributed by atoms with Crippen molar-refractivity contribution in [3.05, 3.63) is 74.8 Å². The van der Waals surface area contributed by atoms with E-state index in [9.17, 15) is 18.0 Å². The molecule has 2 fully saturated rings. The molecule has 0 bridgehead atoms. The smallest absolute Gasteiger partial charge is 0.407 e. The number of amidine groups is 1. The van der Waals surface area contributed by atoms with Crippen molar-refractivity contribution in [2.75, 3.05) is 13.2 Å². The molecule has 5 heterocycles. The van der Waals surface area contributed by atoms with Gasteiger partial charge in [0, 0.05) is 35.5 Å². The van der Waals surface area contributed by atoms with Gasteiger partial charge in [-0.25, -0.2) is 18.9 Å². The number of thiazole rings is 1. The summed E-state index contributed by atoms with van der Waals surface area (Å²) in [5.41, 5.74) is 1.26. The Balaban J connectivity index is 1.57. The average Bonchev–Trinajstić information content (AvgIpc) is 3.62. The molecule has 6 rings (SSSR count). The number of aliphatic imine (C=N–C) groups is 1. The number of fused-ring (bicyclic) bond motifs is 1. The van der Waals surface area contributed by atoms with E-state index in [0.29, 0.717) is 39.6 Å². The molecule has 0 unspecified atom stereocenters. The maximum atomic E-state index is 14.5. The molecule has 0 saturated carbocycles. The second-order valence-electron chi connectivity index (χ2n) is 8.43. The number of ether oxygens (including phenoxy) is 1. The number of cyclic esters (lactones) is 1. The van der Waals surface area contributed by atoms with Gasteiger partial charge in [0.25, 0.3) is 0 Å². The van der Waals surface area contributed by atoms with Gasteiger partial charge in [-0.1, -0.05) is 17.7 Å². The largest absolute Gasteiger partial charge is 0.447 e. The van der Waals surface area contributed by atoms with E-state index >= 15 is 0 Å². The first-order valence-corrected chi connectivity index (χ1v) is 11.8. The zero-order valence-corrected chi connectivity index (χ0v) is 19.4. The summed E-state index contributed by atoms with van der Waals surface area (Å²) in [6.07, 6.45) is 2.64. The maximum absolute atomic E-state index is 14.5. The normalized spacial score (nSPS) is 23.7. The molecule has 0 radical (unpaired) electrons. The lowest BCUT2D eigenvalue weighted by molar-refractivity contribution is 0.0564. The Kier molecular flexibility index (Phi) is 5.11. The highest BCUT2D eigenvalue weighted by Gasteiger charge is 2.52. The fourth-order valence-electron chi connectivity index (χ4n) is 4.71. The number of nitrogens with one attached hydrogen (secondary N) is 1. The number of carbonyl (C=O) groups excluding carboxylic acids is 1. The topological polar surface area (TPSA) is 84.6 Å². The van der Waals surface area contributed by atoms with Crippen molar-refractivity contribution < 1.29 is 22.7 Å². The summed E-state index contributed by atoms with van der Waals surface area (Å²) in [5, 5.41) is 9.37. The quantitative estimate of drug-likeness (QED) is 0.542. The van der Waals surface area contributed by atoms with Crippen LogP contribution in [0.5, 0.6) is 0 Å². The Bertz CT molecular complexity index is 1390. The predicted octanol–water partition coefficient (Wildman–Crippen LogP) is 4.62. The van der Waals surface area contributed by atoms with Crippen molar-refractivity contribution in [3.8, 4) is 0 Å². The number of benzene rings is 1. The molecular formula is C22H16ClF3N6O2S. The highest BCUT2D eigenvalue weighted by atomic mass is 35.5. The number of carbonyl (C=O) groups is 1. The lowest BCUT2D eigenvalue weighted by atomic mass is 9.90. The van der Waals surface area contributed by atoms with Crippen LogP contribution in [0.25, 0.3) is 5.57 Å². The molecule has 35 heavy (non-hydrogen) atoms. The standard InChI is InChI=1S/C22H16ClF3N6O2S/c23-12-2-1-11(7-13(12)24)17-16(14-3-5-32(30-14)20(25)26)15-8-22(10-34-21(33)29-22)9-31(15)18(28-17)19-27-4-6-35-19/h1-7,17,20H,8-10H2,(H,29,33)/t17-,22-/m1/s1. The Morgan fingerprint density at radius 3 is 2.83 bits per heavy atom. The molecule has 1 spiro atoms. The van der Waals surface area contributed by atoms with E-state index in [2.05, 4.69) is 15.4 Å². The van der Waals surface area contributed by atoms with E-state index in [1.165, 1.54) is 35.7 Å². The van der Waals surface area contributed by atoms with Crippen LogP contribution in [-0.4, -0.2) is 50.3 Å². The third-order valence-corrected chi connectivity index (χ3v) is 7.27. The Morgan fingerprint density at radius 2 is 2.17 bits per heavy atom. The first-order chi connectivity index (χ1) is 16.8. The minimum Gasteiger partial charge on any atom is -0.447 e. The molecule has 0 aliphatic carbocycles. The number of halogens is 4. The summed E-state index contributed by atoms with van der Waals surface area (Å²) < 4.78 is 47.0. The van der Waals surface area contributed by atoms with Gasteiger partial charge in [-0.2, -0.15) is 13.9 Å². The van der Waals surface area contributed by atoms with Gasteiger partial charge in [-0.15, -0.1) is 11.3 Å². The van der Waals surface area contributed by atoms with Crippen molar-refractivity contribution in [1.82, 2.24) is 25.0 Å². The molecule has 2 atom stereocenters. The third-order valence-electron chi connectivity index (χ3n) is 6.20. The molecule has 8 nitrogen and oxygen atoms in total. The van der Waals surface area contributed by atoms with Crippen LogP contribution in [0.1, 0.15) is 35.3 Å². The number of rotatable bonds is 4. The van der Waals surface area contributed by atoms with E-state index < -0.39 is 30.0 Å². The third kappa shape index (κ3) is 3.67. The van der Waals surface area contributed by atoms with E-state index in [1.54, 1.807) is 12.3 Å². The van der Waals surface area contributed by atoms with Gasteiger partial charge in [0.15, 0.2) is 10.8 Å². The van der Waals surface area contributed by atoms with E-state index in [-0.39, 0.29) is 17.3 Å². The number of hydrogen-bond acceptors (Lipinski definition) is 7. The van der Waals surface area contributed by atoms with Gasteiger partial charge < -0.3 is 15.0 Å². The second kappa shape index (κ2) is 8.09. The minimum absolute atomic E-state index is 0.0443. The Hall–Kier alpha value is -3.38. The van der Waals surface area contributed by atoms with E-state index in [0.717, 1.165) is 5.70 Å². The number of nitrogens with zero attached hydrogens (tertiary/aromatic N) is 5. The lowest BCUT2D eigenvalue weighted by Crippen LogP contribution is -2.46. The van der Waals surface area contributed by atoms with Crippen LogP contribution in [-0.2, 0) is 4.74 Å². The Morgan fingerprint density at radius 1 is 1.31 bits per heavy atom. The Labute approximate surface area is 205 Å². The number of alkyl carbamates (subject to hydrolysis) is 1. The summed E-state index contributed by atoms with van der Waals surface area (Å²) in [6.45, 7) is -2.35. The van der Waals surface area contributed by atoms with Gasteiger partial charge in [0.2, 0.25) is 0 Å². The van der Waals surface area contributed by atoms with Crippen molar-refractivity contribution in [2.24, 2.45) is 4.99 Å². The number of hydrogen-bond donors (Lipinski definition) is 1. The van der Waals surface area contributed by atoms with Crippen molar-refractivity contribution in [2.45, 2.75) is 24.6 Å². The molecule has 1 N–H and O–H groups in total. The first kappa shape index (κ1) is 22.1. The molecular weight excluding hydrogens is 505 g/mol. The molecule has 3 aromatic rings. The number of aromatic nitrogens is 3. The molecule has 1 amide bonds. The predicted molar refractivity (Wildman–Crippen MR) is 122 cm³/mol. The molecule has 2 aromatic heterocycles. The van der Waals surface area contributed by atoms with Crippen molar-refractivity contribution in [1.29, 1.82) is 0 Å². The molecule has 13 heteroatoms. The maximum Gasteiger partial charge on any atom is 0.407 e. The second-order valence-corrected chi connectivity index (χ2v) is 9.73. The number of alkyl halides is 2. The summed E-state index contributed by atoms with van der Waals surface area (Å²) in [7, 11) is 0. The van der Waals surface area contributed by atoms with E-state index in [4.69, 9.17) is 21.3 Å². The van der Waals surface area contributed by atoms with Crippen LogP contribution in [0.15, 0.2) is 52.7 Å². The van der Waals surface area contributed by atoms with Gasteiger partial charge in [0.1, 0.15) is 24.0 Å². The molecule has 3 aliphatic rings. The molecule has 3 aliphatic heterocycles. The van der Waals surface area contributed by atoms with Crippen LogP contribution >= 0.6 is 22.9 Å². The summed E-state index contributed by atoms with van der Waals surface area (Å²) >= 11 is 7.29. The van der Waals surface area contributed by atoms with Crippen LogP contribution in [0.3, 0.4) is 0 Å². The average molecular weight is 521 g/mol. The number of amides is 1. The van der Waals surface area contributed by atoms with Gasteiger partial charge in [-0.3, -0.25) is 4.99 Å². The zero-order valence-electron chi connectivity index (χ0n) is 17.8. The minimum atomic E-state index is -2.83. The van der Waals surface area contributed by atoms with Crippen LogP contribution in [0.4, 0.5) is 18.0 Å². The summed E-state index contributed by atoms with van der Waals surface area (Å²) in [4.78, 5) is 23.2. The van der Waals surface area contributed by atoms with Gasteiger partial charge >= 0.3 is 12.6 Å². The molecule has 1 aromatic carbocycles.